The van der Waals surface area contributed by atoms with Crippen molar-refractivity contribution in [3.05, 3.63) is 27.9 Å². The Morgan fingerprint density at radius 3 is 2.38 bits per heavy atom. The van der Waals surface area contributed by atoms with E-state index in [1.807, 2.05) is 0 Å². The van der Waals surface area contributed by atoms with E-state index in [1.165, 1.54) is 17.8 Å². The molecule has 12 heteroatoms. The average Bonchev–Trinajstić information content (AvgIpc) is 2.82. The first-order valence-corrected chi connectivity index (χ1v) is 9.87. The number of nitrogens with one attached hydrogen (secondary N) is 3. The second kappa shape index (κ2) is 8.96. The first-order chi connectivity index (χ1) is 9.93. The molecule has 1 rings (SSSR count). The number of halogens is 2. The van der Waals surface area contributed by atoms with E-state index in [0.29, 0.717) is 29.4 Å². The quantitative estimate of drug-likeness (QED) is 0.290. The second-order valence-corrected chi connectivity index (χ2v) is 7.52. The van der Waals surface area contributed by atoms with Gasteiger partial charge in [-0.1, -0.05) is 31.9 Å². The standard InChI is InChI=1S/C9H17Br2N5O4P/c1-15-8(6-12-9(15)16(17)18)7-20-21(19,13-4-2-10)14-5-3-11/h6,12H,2-5,7H2,1H3,(H2-,13,14,17,18,19)/q-1. The molecule has 0 aliphatic rings. The van der Waals surface area contributed by atoms with Crippen LogP contribution in [0.25, 0.3) is 0 Å². The van der Waals surface area contributed by atoms with Crippen molar-refractivity contribution in [2.45, 2.75) is 6.61 Å². The van der Waals surface area contributed by atoms with Gasteiger partial charge in [0.25, 0.3) is 0 Å². The van der Waals surface area contributed by atoms with Crippen molar-refractivity contribution < 1.29 is 9.09 Å². The molecule has 0 saturated heterocycles. The molecule has 0 fully saturated rings. The summed E-state index contributed by atoms with van der Waals surface area (Å²) in [5.74, 6) is 0. The van der Waals surface area contributed by atoms with Crippen LogP contribution in [0.1, 0.15) is 5.69 Å². The Labute approximate surface area is 138 Å². The molecule has 21 heavy (non-hydrogen) atoms. The lowest BCUT2D eigenvalue weighted by atomic mass is 10.5. The van der Waals surface area contributed by atoms with Gasteiger partial charge in [0.1, 0.15) is 12.3 Å². The summed E-state index contributed by atoms with van der Waals surface area (Å²) >= 11 is 6.47. The number of imidazole rings is 1. The van der Waals surface area contributed by atoms with Crippen LogP contribution >= 0.6 is 39.5 Å². The highest BCUT2D eigenvalue weighted by Crippen LogP contribution is 2.37. The molecule has 0 aromatic carbocycles. The highest BCUT2D eigenvalue weighted by atomic mass is 79.9. The largest absolute Gasteiger partial charge is 0.744 e. The van der Waals surface area contributed by atoms with Crippen LogP contribution in [0, 0.1) is 10.4 Å². The van der Waals surface area contributed by atoms with Crippen molar-refractivity contribution in [1.29, 1.82) is 0 Å². The smallest absolute Gasteiger partial charge is 0.358 e. The van der Waals surface area contributed by atoms with Gasteiger partial charge < -0.3 is 10.4 Å². The predicted molar refractivity (Wildman–Crippen MR) is 87.8 cm³/mol. The summed E-state index contributed by atoms with van der Waals surface area (Å²) in [5, 5.41) is 28.3. The molecule has 1 heterocycles. The van der Waals surface area contributed by atoms with Crippen LogP contribution in [-0.2, 0) is 22.7 Å². The SMILES string of the molecule is Cn1c(COP(=O)(NCCBr)NCCBr)c[nH]c1=[N+]([O-])[O-]. The van der Waals surface area contributed by atoms with Gasteiger partial charge in [-0.15, -0.1) is 0 Å². The van der Waals surface area contributed by atoms with Gasteiger partial charge in [-0.25, -0.2) is 19.7 Å². The van der Waals surface area contributed by atoms with E-state index >= 15 is 0 Å². The Morgan fingerprint density at radius 1 is 1.38 bits per heavy atom. The zero-order valence-electron chi connectivity index (χ0n) is 11.3. The van der Waals surface area contributed by atoms with E-state index in [2.05, 4.69) is 47.0 Å². The molecule has 0 spiro atoms. The fourth-order valence-corrected chi connectivity index (χ4v) is 3.90. The van der Waals surface area contributed by atoms with Crippen LogP contribution in [0.4, 0.5) is 0 Å². The molecule has 0 amide bonds. The molecular formula is C9H17Br2N5O4P-. The Kier molecular flexibility index (Phi) is 7.99. The summed E-state index contributed by atoms with van der Waals surface area (Å²) in [6.07, 6.45) is 1.46. The molecule has 0 aliphatic heterocycles. The van der Waals surface area contributed by atoms with Crippen molar-refractivity contribution in [2.75, 3.05) is 23.7 Å². The highest BCUT2D eigenvalue weighted by Gasteiger charge is 2.23. The van der Waals surface area contributed by atoms with E-state index in [0.717, 1.165) is 0 Å². The molecule has 1 aromatic rings. The lowest BCUT2D eigenvalue weighted by molar-refractivity contribution is 0.280. The molecular weight excluding hydrogens is 433 g/mol. The summed E-state index contributed by atoms with van der Waals surface area (Å²) in [7, 11) is -1.67. The van der Waals surface area contributed by atoms with Gasteiger partial charge in [0.15, 0.2) is 0 Å². The van der Waals surface area contributed by atoms with E-state index < -0.39 is 12.6 Å². The normalized spacial score (nSPS) is 11.8. The van der Waals surface area contributed by atoms with Crippen molar-refractivity contribution in [3.8, 4) is 0 Å². The van der Waals surface area contributed by atoms with Crippen molar-refractivity contribution >= 4 is 39.5 Å². The van der Waals surface area contributed by atoms with Crippen LogP contribution in [0.15, 0.2) is 6.20 Å². The Balaban J connectivity index is 2.77. The fourth-order valence-electron chi connectivity index (χ4n) is 1.47. The highest BCUT2D eigenvalue weighted by molar-refractivity contribution is 9.09. The average molecular weight is 450 g/mol. The number of alkyl halides is 2. The van der Waals surface area contributed by atoms with Gasteiger partial charge in [0, 0.05) is 23.7 Å². The predicted octanol–water partition coefficient (Wildman–Crippen LogP) is 0.715. The summed E-state index contributed by atoms with van der Waals surface area (Å²) in [5.41, 5.74) is 0.355. The van der Waals surface area contributed by atoms with Gasteiger partial charge in [-0.2, -0.15) is 0 Å². The van der Waals surface area contributed by atoms with E-state index in [1.54, 1.807) is 0 Å². The third-order valence-electron chi connectivity index (χ3n) is 2.51. The summed E-state index contributed by atoms with van der Waals surface area (Å²) < 4.78 is 19.3. The topological polar surface area (TPSA) is 120 Å². The third-order valence-corrected chi connectivity index (χ3v) is 5.08. The van der Waals surface area contributed by atoms with Crippen molar-refractivity contribution in [2.24, 2.45) is 7.05 Å². The van der Waals surface area contributed by atoms with Gasteiger partial charge in [-0.3, -0.25) is 14.0 Å². The van der Waals surface area contributed by atoms with Gasteiger partial charge in [-0.05, 0) is 0 Å². The number of H-pyrrole nitrogens is 1. The molecule has 0 atom stereocenters. The Bertz CT molecular complexity index is 545. The van der Waals surface area contributed by atoms with Crippen LogP contribution in [-0.4, -0.2) is 33.3 Å². The van der Waals surface area contributed by atoms with E-state index in [-0.39, 0.29) is 12.2 Å². The molecule has 0 radical (unpaired) electrons. The lowest BCUT2D eigenvalue weighted by Gasteiger charge is -2.19. The number of nitrogens with zero attached hydrogens (tertiary/aromatic N) is 2. The minimum absolute atomic E-state index is 0.0251. The van der Waals surface area contributed by atoms with Crippen LogP contribution in [0.3, 0.4) is 0 Å². The zero-order valence-corrected chi connectivity index (χ0v) is 15.4. The molecule has 0 saturated carbocycles. The third kappa shape index (κ3) is 5.76. The molecule has 0 aliphatic carbocycles. The first kappa shape index (κ1) is 18.7. The van der Waals surface area contributed by atoms with Gasteiger partial charge >= 0.3 is 13.3 Å². The maximum Gasteiger partial charge on any atom is 0.358 e. The first-order valence-electron chi connectivity index (χ1n) is 6.01. The van der Waals surface area contributed by atoms with Crippen LogP contribution in [0.5, 0.6) is 0 Å². The minimum Gasteiger partial charge on any atom is -0.744 e. The number of hydrogen-bond donors (Lipinski definition) is 3. The van der Waals surface area contributed by atoms with Gasteiger partial charge in [0.2, 0.25) is 0 Å². The summed E-state index contributed by atoms with van der Waals surface area (Å²) in [4.78, 5) is 2.00. The van der Waals surface area contributed by atoms with Crippen LogP contribution < -0.4 is 20.7 Å². The molecule has 122 valence electrons. The van der Waals surface area contributed by atoms with E-state index in [4.69, 9.17) is 4.52 Å². The van der Waals surface area contributed by atoms with Crippen LogP contribution in [0.2, 0.25) is 0 Å². The number of rotatable bonds is 9. The molecule has 0 unspecified atom stereocenters. The monoisotopic (exact) mass is 448 g/mol. The maximum absolute atomic E-state index is 12.5. The zero-order chi connectivity index (χ0) is 15.9. The summed E-state index contributed by atoms with van der Waals surface area (Å²) in [6, 6.07) is 0. The molecule has 0 bridgehead atoms. The Hall–Kier alpha value is -0.320. The molecule has 9 nitrogen and oxygen atoms in total. The minimum atomic E-state index is -3.21. The number of aromatic nitrogens is 2. The number of aromatic amines is 1. The Morgan fingerprint density at radius 2 is 1.95 bits per heavy atom. The number of hydrogen-bond acceptors (Lipinski definition) is 4. The van der Waals surface area contributed by atoms with Crippen molar-refractivity contribution in [1.82, 2.24) is 24.6 Å². The maximum atomic E-state index is 12.5. The molecule has 3 N–H and O–H groups in total. The summed E-state index contributed by atoms with van der Waals surface area (Å²) in [6.45, 7) is 0.903. The molecule has 1 aromatic heterocycles. The lowest BCUT2D eigenvalue weighted by Crippen LogP contribution is -2.29. The van der Waals surface area contributed by atoms with Gasteiger partial charge in [0.05, 0.1) is 13.2 Å². The van der Waals surface area contributed by atoms with Crippen molar-refractivity contribution in [3.63, 3.8) is 0 Å². The fraction of sp³-hybridized carbons (Fsp3) is 0.667. The second-order valence-electron chi connectivity index (χ2n) is 3.94. The van der Waals surface area contributed by atoms with E-state index in [9.17, 15) is 15.0 Å².